The summed E-state index contributed by atoms with van der Waals surface area (Å²) in [6.07, 6.45) is -3.56. The van der Waals surface area contributed by atoms with E-state index in [0.717, 1.165) is 25.9 Å². The fourth-order valence-corrected chi connectivity index (χ4v) is 0.868. The highest BCUT2D eigenvalue weighted by molar-refractivity contribution is 5.79. The van der Waals surface area contributed by atoms with Crippen LogP contribution in [0.5, 0.6) is 0 Å². The molecule has 0 spiro atoms. The van der Waals surface area contributed by atoms with Crippen molar-refractivity contribution >= 4 is 11.8 Å². The van der Waals surface area contributed by atoms with Crippen molar-refractivity contribution < 1.29 is 27.9 Å². The second kappa shape index (κ2) is 5.69. The summed E-state index contributed by atoms with van der Waals surface area (Å²) < 4.78 is 31.7. The number of hydrogen-bond acceptors (Lipinski definition) is 3. The summed E-state index contributed by atoms with van der Waals surface area (Å²) in [4.78, 5) is 21.7. The maximum absolute atomic E-state index is 10.6. The first-order valence-corrected chi connectivity index (χ1v) is 4.24. The van der Waals surface area contributed by atoms with Gasteiger partial charge in [-0.3, -0.25) is 4.79 Å². The van der Waals surface area contributed by atoms with Crippen molar-refractivity contribution in [2.24, 2.45) is 0 Å². The van der Waals surface area contributed by atoms with E-state index < -0.39 is 12.1 Å². The lowest BCUT2D eigenvalue weighted by molar-refractivity contribution is -0.192. The number of aliphatic carboxylic acids is 1. The van der Waals surface area contributed by atoms with Crippen LogP contribution in [0.1, 0.15) is 12.8 Å². The van der Waals surface area contributed by atoms with Crippen molar-refractivity contribution in [1.82, 2.24) is 4.90 Å². The second-order valence-electron chi connectivity index (χ2n) is 3.14. The third-order valence-electron chi connectivity index (χ3n) is 1.79. The lowest BCUT2D eigenvalue weighted by Gasteiger charge is -2.19. The van der Waals surface area contributed by atoms with Gasteiger partial charge in [0, 0.05) is 25.9 Å². The number of carboxylic acid groups (broad SMARTS) is 1. The number of carboxylic acids is 1. The molecule has 1 fully saturated rings. The normalized spacial score (nSPS) is 18.0. The first-order chi connectivity index (χ1) is 6.73. The van der Waals surface area contributed by atoms with Crippen molar-refractivity contribution in [2.45, 2.75) is 19.0 Å². The molecule has 88 valence electrons. The standard InChI is InChI=1S/C6H11NO.C2HF3O2/c1-7-4-2-6(8)3-5-7;3-2(4,5)1(6)7/h2-5H2,1H3;(H,6,7). The number of hydrogen-bond donors (Lipinski definition) is 1. The van der Waals surface area contributed by atoms with Gasteiger partial charge in [-0.2, -0.15) is 13.2 Å². The first-order valence-electron chi connectivity index (χ1n) is 4.24. The van der Waals surface area contributed by atoms with Gasteiger partial charge in [-0.1, -0.05) is 0 Å². The van der Waals surface area contributed by atoms with Gasteiger partial charge in [-0.05, 0) is 7.05 Å². The third kappa shape index (κ3) is 6.89. The van der Waals surface area contributed by atoms with Crippen LogP contribution in [0.15, 0.2) is 0 Å². The molecule has 0 saturated carbocycles. The molecule has 1 N–H and O–H groups in total. The topological polar surface area (TPSA) is 57.6 Å². The quantitative estimate of drug-likeness (QED) is 0.668. The molecule has 1 aliphatic rings. The van der Waals surface area contributed by atoms with Crippen LogP contribution < -0.4 is 0 Å². The molecule has 0 bridgehead atoms. The largest absolute Gasteiger partial charge is 0.490 e. The Balaban J connectivity index is 0.000000265. The Morgan fingerprint density at radius 2 is 1.67 bits per heavy atom. The molecule has 1 heterocycles. The number of Topliss-reactive ketones (excluding diaryl/α,β-unsaturated/α-hetero) is 1. The predicted octanol–water partition coefficient (Wildman–Crippen LogP) is 0.914. The van der Waals surface area contributed by atoms with Crippen LogP contribution in [0.4, 0.5) is 13.2 Å². The Kier molecular flexibility index (Phi) is 5.27. The zero-order valence-corrected chi connectivity index (χ0v) is 8.17. The highest BCUT2D eigenvalue weighted by Crippen LogP contribution is 2.13. The lowest BCUT2D eigenvalue weighted by Crippen LogP contribution is -2.29. The molecule has 0 aromatic carbocycles. The van der Waals surface area contributed by atoms with Crippen LogP contribution in [-0.2, 0) is 9.59 Å². The Labute approximate surface area is 84.7 Å². The van der Waals surface area contributed by atoms with E-state index in [2.05, 4.69) is 4.90 Å². The summed E-state index contributed by atoms with van der Waals surface area (Å²) in [6, 6.07) is 0. The highest BCUT2D eigenvalue weighted by Gasteiger charge is 2.38. The summed E-state index contributed by atoms with van der Waals surface area (Å²) in [5, 5.41) is 7.12. The van der Waals surface area contributed by atoms with Crippen molar-refractivity contribution in [2.75, 3.05) is 20.1 Å². The second-order valence-corrected chi connectivity index (χ2v) is 3.14. The molecule has 0 atom stereocenters. The zero-order chi connectivity index (χ0) is 12.1. The molecule has 7 heteroatoms. The number of rotatable bonds is 0. The van der Waals surface area contributed by atoms with E-state index in [1.165, 1.54) is 0 Å². The summed E-state index contributed by atoms with van der Waals surface area (Å²) in [5.74, 6) is -2.34. The van der Waals surface area contributed by atoms with Crippen LogP contribution in [0, 0.1) is 0 Å². The molecule has 15 heavy (non-hydrogen) atoms. The average molecular weight is 227 g/mol. The van der Waals surface area contributed by atoms with Gasteiger partial charge in [-0.15, -0.1) is 0 Å². The summed E-state index contributed by atoms with van der Waals surface area (Å²) in [7, 11) is 2.05. The molecule has 0 amide bonds. The fourth-order valence-electron chi connectivity index (χ4n) is 0.868. The summed E-state index contributed by atoms with van der Waals surface area (Å²) in [5.41, 5.74) is 0. The highest BCUT2D eigenvalue weighted by atomic mass is 19.4. The molecule has 1 saturated heterocycles. The smallest absolute Gasteiger partial charge is 0.475 e. The van der Waals surface area contributed by atoms with E-state index in [0.29, 0.717) is 5.78 Å². The van der Waals surface area contributed by atoms with Crippen molar-refractivity contribution in [3.63, 3.8) is 0 Å². The van der Waals surface area contributed by atoms with E-state index in [1.54, 1.807) is 0 Å². The Morgan fingerprint density at radius 1 is 1.33 bits per heavy atom. The molecular weight excluding hydrogens is 215 g/mol. The van der Waals surface area contributed by atoms with Gasteiger partial charge in [0.05, 0.1) is 0 Å². The van der Waals surface area contributed by atoms with E-state index >= 15 is 0 Å². The minimum Gasteiger partial charge on any atom is -0.475 e. The molecule has 0 aliphatic carbocycles. The molecule has 0 aromatic heterocycles. The maximum Gasteiger partial charge on any atom is 0.490 e. The van der Waals surface area contributed by atoms with E-state index in [-0.39, 0.29) is 0 Å². The van der Waals surface area contributed by atoms with Crippen molar-refractivity contribution in [1.29, 1.82) is 0 Å². The Hall–Kier alpha value is -1.11. The molecular formula is C8H12F3NO3. The lowest BCUT2D eigenvalue weighted by atomic mass is 10.1. The van der Waals surface area contributed by atoms with Crippen LogP contribution >= 0.6 is 0 Å². The van der Waals surface area contributed by atoms with Gasteiger partial charge in [0.1, 0.15) is 5.78 Å². The van der Waals surface area contributed by atoms with Crippen LogP contribution in [-0.4, -0.2) is 48.1 Å². The Bertz CT molecular complexity index is 230. The molecule has 0 unspecified atom stereocenters. The zero-order valence-electron chi connectivity index (χ0n) is 8.17. The molecule has 1 aliphatic heterocycles. The molecule has 4 nitrogen and oxygen atoms in total. The number of carbonyl (C=O) groups excluding carboxylic acids is 1. The number of ketones is 1. The molecule has 0 aromatic rings. The minimum atomic E-state index is -5.08. The van der Waals surface area contributed by atoms with Crippen molar-refractivity contribution in [3.8, 4) is 0 Å². The number of carbonyl (C=O) groups is 2. The van der Waals surface area contributed by atoms with E-state index in [4.69, 9.17) is 9.90 Å². The van der Waals surface area contributed by atoms with Gasteiger partial charge >= 0.3 is 12.1 Å². The fraction of sp³-hybridized carbons (Fsp3) is 0.750. The number of alkyl halides is 3. The summed E-state index contributed by atoms with van der Waals surface area (Å²) >= 11 is 0. The van der Waals surface area contributed by atoms with Gasteiger partial charge in [-0.25, -0.2) is 4.79 Å². The number of piperidine rings is 1. The first kappa shape index (κ1) is 13.9. The monoisotopic (exact) mass is 227 g/mol. The summed E-state index contributed by atoms with van der Waals surface area (Å²) in [6.45, 7) is 1.91. The number of halogens is 3. The van der Waals surface area contributed by atoms with Crippen molar-refractivity contribution in [3.05, 3.63) is 0 Å². The number of likely N-dealkylation sites (tertiary alicyclic amines) is 1. The molecule has 1 rings (SSSR count). The Morgan fingerprint density at radius 3 is 1.87 bits per heavy atom. The van der Waals surface area contributed by atoms with Gasteiger partial charge < -0.3 is 10.0 Å². The minimum absolute atomic E-state index is 0.420. The SMILES string of the molecule is CN1CCC(=O)CC1.O=C(O)C(F)(F)F. The predicted molar refractivity (Wildman–Crippen MR) is 45.4 cm³/mol. The number of nitrogens with zero attached hydrogens (tertiary/aromatic N) is 1. The average Bonchev–Trinajstić information content (AvgIpc) is 2.09. The van der Waals surface area contributed by atoms with Crippen LogP contribution in [0.3, 0.4) is 0 Å². The van der Waals surface area contributed by atoms with E-state index in [1.807, 2.05) is 7.05 Å². The van der Waals surface area contributed by atoms with Gasteiger partial charge in [0.25, 0.3) is 0 Å². The van der Waals surface area contributed by atoms with Crippen LogP contribution in [0.2, 0.25) is 0 Å². The van der Waals surface area contributed by atoms with Gasteiger partial charge in [0.2, 0.25) is 0 Å². The van der Waals surface area contributed by atoms with Crippen LogP contribution in [0.25, 0.3) is 0 Å². The van der Waals surface area contributed by atoms with Gasteiger partial charge in [0.15, 0.2) is 0 Å². The maximum atomic E-state index is 10.6. The molecule has 0 radical (unpaired) electrons. The third-order valence-corrected chi connectivity index (χ3v) is 1.79. The van der Waals surface area contributed by atoms with E-state index in [9.17, 15) is 18.0 Å².